The van der Waals surface area contributed by atoms with Crippen LogP contribution in [0.5, 0.6) is 0 Å². The number of anilines is 1. The summed E-state index contributed by atoms with van der Waals surface area (Å²) in [7, 11) is 0. The molecule has 2 rings (SSSR count). The van der Waals surface area contributed by atoms with Crippen molar-refractivity contribution < 1.29 is 4.79 Å². The van der Waals surface area contributed by atoms with Gasteiger partial charge in [0.15, 0.2) is 0 Å². The van der Waals surface area contributed by atoms with Gasteiger partial charge < -0.3 is 4.90 Å². The summed E-state index contributed by atoms with van der Waals surface area (Å²) in [5, 5.41) is 0. The Morgan fingerprint density at radius 2 is 2.29 bits per heavy atom. The van der Waals surface area contributed by atoms with Crippen molar-refractivity contribution in [2.45, 2.75) is 13.3 Å². The molecule has 1 aromatic carbocycles. The summed E-state index contributed by atoms with van der Waals surface area (Å²) in [5.74, 6) is 0.125. The molecule has 1 aliphatic heterocycles. The van der Waals surface area contributed by atoms with Crippen molar-refractivity contribution >= 4 is 50.1 Å². The summed E-state index contributed by atoms with van der Waals surface area (Å²) in [4.78, 5) is 13.2. The topological polar surface area (TPSA) is 20.3 Å². The fourth-order valence-corrected chi connectivity index (χ4v) is 2.87. The van der Waals surface area contributed by atoms with Crippen molar-refractivity contribution in [3.63, 3.8) is 0 Å². The highest BCUT2D eigenvalue weighted by Crippen LogP contribution is 2.36. The fraction of sp³-hybridized carbons (Fsp3) is 0.300. The smallest absolute Gasteiger partial charge is 0.223 e. The Kier molecular flexibility index (Phi) is 2.83. The quantitative estimate of drug-likeness (QED) is 0.647. The molecule has 0 fully saturated rings. The number of hydrogen-bond acceptors (Lipinski definition) is 1. The van der Waals surface area contributed by atoms with Gasteiger partial charge in [-0.1, -0.05) is 6.07 Å². The maximum atomic E-state index is 11.4. The monoisotopic (exact) mass is 365 g/mol. The molecule has 14 heavy (non-hydrogen) atoms. The minimum atomic E-state index is 0.125. The lowest BCUT2D eigenvalue weighted by atomic mass is 10.2. The van der Waals surface area contributed by atoms with Crippen molar-refractivity contribution in [2.24, 2.45) is 0 Å². The number of halogens is 2. The van der Waals surface area contributed by atoms with Crippen molar-refractivity contribution in [3.8, 4) is 0 Å². The highest BCUT2D eigenvalue weighted by molar-refractivity contribution is 14.1. The summed E-state index contributed by atoms with van der Waals surface area (Å²) in [6.45, 7) is 2.43. The van der Waals surface area contributed by atoms with Crippen LogP contribution in [0.2, 0.25) is 0 Å². The van der Waals surface area contributed by atoms with Gasteiger partial charge in [-0.2, -0.15) is 0 Å². The van der Waals surface area contributed by atoms with Crippen molar-refractivity contribution in [1.29, 1.82) is 0 Å². The van der Waals surface area contributed by atoms with E-state index >= 15 is 0 Å². The standard InChI is InChI=1S/C10H9BrINO/c1-6(14)13-5-4-7-2-3-8(11)9(12)10(7)13/h2-3H,4-5H2,1H3. The lowest BCUT2D eigenvalue weighted by molar-refractivity contribution is -0.116. The van der Waals surface area contributed by atoms with E-state index in [0.717, 1.165) is 26.7 Å². The van der Waals surface area contributed by atoms with Gasteiger partial charge in [0.1, 0.15) is 0 Å². The highest BCUT2D eigenvalue weighted by atomic mass is 127. The van der Waals surface area contributed by atoms with Crippen LogP contribution in [0, 0.1) is 3.57 Å². The molecular weight excluding hydrogens is 357 g/mol. The van der Waals surface area contributed by atoms with Crippen molar-refractivity contribution in [1.82, 2.24) is 0 Å². The zero-order valence-electron chi connectivity index (χ0n) is 7.68. The molecular formula is C10H9BrINO. The lowest BCUT2D eigenvalue weighted by Crippen LogP contribution is -2.26. The first-order chi connectivity index (χ1) is 6.61. The molecule has 0 N–H and O–H groups in total. The van der Waals surface area contributed by atoms with Gasteiger partial charge in [-0.05, 0) is 56.6 Å². The van der Waals surface area contributed by atoms with Crippen LogP contribution in [0.25, 0.3) is 0 Å². The minimum absolute atomic E-state index is 0.125. The SMILES string of the molecule is CC(=O)N1CCc2ccc(Br)c(I)c21. The van der Waals surface area contributed by atoms with Crippen LogP contribution in [0.1, 0.15) is 12.5 Å². The van der Waals surface area contributed by atoms with Crippen LogP contribution in [-0.2, 0) is 11.2 Å². The third-order valence-corrected chi connectivity index (χ3v) is 4.90. The molecule has 1 heterocycles. The average Bonchev–Trinajstić information content (AvgIpc) is 2.55. The van der Waals surface area contributed by atoms with Crippen LogP contribution in [0.15, 0.2) is 16.6 Å². The van der Waals surface area contributed by atoms with Gasteiger partial charge in [0.2, 0.25) is 5.91 Å². The zero-order valence-corrected chi connectivity index (χ0v) is 11.4. The fourth-order valence-electron chi connectivity index (χ4n) is 1.73. The molecule has 4 heteroatoms. The molecule has 74 valence electrons. The van der Waals surface area contributed by atoms with Gasteiger partial charge in [-0.15, -0.1) is 0 Å². The molecule has 0 saturated carbocycles. The summed E-state index contributed by atoms with van der Waals surface area (Å²) in [5.41, 5.74) is 2.36. The predicted octanol–water partition coefficient (Wildman–Crippen LogP) is 2.96. The largest absolute Gasteiger partial charge is 0.311 e. The Labute approximate surface area is 105 Å². The first-order valence-corrected chi connectivity index (χ1v) is 6.23. The van der Waals surface area contributed by atoms with E-state index in [9.17, 15) is 4.79 Å². The molecule has 0 saturated heterocycles. The number of nitrogens with zero attached hydrogens (tertiary/aromatic N) is 1. The molecule has 0 aromatic heterocycles. The Balaban J connectivity index is 2.57. The minimum Gasteiger partial charge on any atom is -0.311 e. The average molecular weight is 366 g/mol. The van der Waals surface area contributed by atoms with E-state index in [-0.39, 0.29) is 5.91 Å². The van der Waals surface area contributed by atoms with Gasteiger partial charge in [-0.3, -0.25) is 4.79 Å². The third kappa shape index (κ3) is 1.58. The van der Waals surface area contributed by atoms with Crippen LogP contribution in [-0.4, -0.2) is 12.5 Å². The highest BCUT2D eigenvalue weighted by Gasteiger charge is 2.25. The lowest BCUT2D eigenvalue weighted by Gasteiger charge is -2.16. The molecule has 1 amide bonds. The Morgan fingerprint density at radius 1 is 1.57 bits per heavy atom. The van der Waals surface area contributed by atoms with E-state index in [2.05, 4.69) is 44.6 Å². The molecule has 0 spiro atoms. The normalized spacial score (nSPS) is 14.4. The summed E-state index contributed by atoms with van der Waals surface area (Å²) < 4.78 is 2.19. The molecule has 1 aromatic rings. The predicted molar refractivity (Wildman–Crippen MR) is 68.6 cm³/mol. The Hall–Kier alpha value is -0.100. The van der Waals surface area contributed by atoms with E-state index < -0.39 is 0 Å². The van der Waals surface area contributed by atoms with Crippen molar-refractivity contribution in [2.75, 3.05) is 11.4 Å². The van der Waals surface area contributed by atoms with Crippen LogP contribution in [0.3, 0.4) is 0 Å². The molecule has 1 aliphatic rings. The van der Waals surface area contributed by atoms with E-state index in [4.69, 9.17) is 0 Å². The molecule has 0 aliphatic carbocycles. The number of amides is 1. The number of hydrogen-bond donors (Lipinski definition) is 0. The van der Waals surface area contributed by atoms with E-state index in [1.54, 1.807) is 6.92 Å². The van der Waals surface area contributed by atoms with Crippen LogP contribution < -0.4 is 4.90 Å². The number of benzene rings is 1. The van der Waals surface area contributed by atoms with E-state index in [0.29, 0.717) is 0 Å². The third-order valence-electron chi connectivity index (χ3n) is 2.41. The van der Waals surface area contributed by atoms with Gasteiger partial charge in [0.25, 0.3) is 0 Å². The van der Waals surface area contributed by atoms with Gasteiger partial charge in [-0.25, -0.2) is 0 Å². The second kappa shape index (κ2) is 3.81. The van der Waals surface area contributed by atoms with E-state index in [1.807, 2.05) is 11.0 Å². The molecule has 2 nitrogen and oxygen atoms in total. The van der Waals surface area contributed by atoms with Gasteiger partial charge >= 0.3 is 0 Å². The van der Waals surface area contributed by atoms with Gasteiger partial charge in [0, 0.05) is 17.9 Å². The number of carbonyl (C=O) groups excluding carboxylic acids is 1. The number of carbonyl (C=O) groups is 1. The van der Waals surface area contributed by atoms with Crippen LogP contribution in [0.4, 0.5) is 5.69 Å². The Morgan fingerprint density at radius 3 is 2.93 bits per heavy atom. The second-order valence-electron chi connectivity index (χ2n) is 3.29. The maximum Gasteiger partial charge on any atom is 0.223 e. The molecule has 0 atom stereocenters. The first-order valence-electron chi connectivity index (χ1n) is 4.36. The number of fused-ring (bicyclic) bond motifs is 1. The first kappa shape index (κ1) is 10.4. The molecule has 0 bridgehead atoms. The second-order valence-corrected chi connectivity index (χ2v) is 5.22. The Bertz CT molecular complexity index is 405. The summed E-state index contributed by atoms with van der Waals surface area (Å²) >= 11 is 5.76. The van der Waals surface area contributed by atoms with E-state index in [1.165, 1.54) is 5.56 Å². The van der Waals surface area contributed by atoms with Gasteiger partial charge in [0.05, 0.1) is 9.26 Å². The molecule has 0 radical (unpaired) electrons. The zero-order chi connectivity index (χ0) is 10.3. The summed E-state index contributed by atoms with van der Waals surface area (Å²) in [6, 6.07) is 4.13. The maximum absolute atomic E-state index is 11.4. The van der Waals surface area contributed by atoms with Crippen molar-refractivity contribution in [3.05, 3.63) is 25.7 Å². The van der Waals surface area contributed by atoms with Crippen LogP contribution >= 0.6 is 38.5 Å². The molecule has 0 unspecified atom stereocenters. The summed E-state index contributed by atoms with van der Waals surface area (Å²) in [6.07, 6.45) is 0.970. The number of rotatable bonds is 0.